The number of halogens is 2. The minimum Gasteiger partial charge on any atom is -0.434 e. The lowest BCUT2D eigenvalue weighted by Gasteiger charge is -2.46. The van der Waals surface area contributed by atoms with Gasteiger partial charge in [-0.15, -0.1) is 5.10 Å². The molecule has 4 rings (SSSR count). The number of aryl methyl sites for hydroxylation is 1. The maximum Gasteiger partial charge on any atom is 0.387 e. The van der Waals surface area contributed by atoms with Crippen LogP contribution in [0.4, 0.5) is 26.2 Å². The fraction of sp³-hybridized carbons (Fsp3) is 0.500. The number of nitrogens with one attached hydrogen (secondary N) is 3. The lowest BCUT2D eigenvalue weighted by atomic mass is 9.79. The molecule has 2 aromatic heterocycles. The minimum atomic E-state index is -3.17. The first kappa shape index (κ1) is 27.1. The van der Waals surface area contributed by atoms with Crippen molar-refractivity contribution in [1.29, 1.82) is 0 Å². The number of amides is 1. The zero-order valence-corrected chi connectivity index (χ0v) is 21.9. The molecule has 12 nitrogen and oxygen atoms in total. The predicted octanol–water partition coefficient (Wildman–Crippen LogP) is 3.18. The Bertz CT molecular complexity index is 1300. The van der Waals surface area contributed by atoms with E-state index in [1.54, 1.807) is 12.3 Å². The van der Waals surface area contributed by atoms with Crippen molar-refractivity contribution in [3.63, 3.8) is 0 Å². The first-order valence-electron chi connectivity index (χ1n) is 12.2. The second kappa shape index (κ2) is 10.4. The molecule has 3 heterocycles. The monoisotopic (exact) mass is 530 g/mol. The fourth-order valence-corrected chi connectivity index (χ4v) is 5.10. The van der Waals surface area contributed by atoms with Gasteiger partial charge in [-0.25, -0.2) is 4.98 Å². The van der Waals surface area contributed by atoms with Crippen molar-refractivity contribution in [2.24, 2.45) is 5.73 Å². The van der Waals surface area contributed by atoms with Crippen molar-refractivity contribution in [3.05, 3.63) is 35.8 Å². The van der Waals surface area contributed by atoms with Crippen molar-refractivity contribution in [2.75, 3.05) is 10.6 Å². The lowest BCUT2D eigenvalue weighted by molar-refractivity contribution is -0.0501. The first-order chi connectivity index (χ1) is 17.9. The number of rotatable bonds is 9. The Morgan fingerprint density at radius 2 is 1.97 bits per heavy atom. The van der Waals surface area contributed by atoms with E-state index in [2.05, 4.69) is 73.9 Å². The van der Waals surface area contributed by atoms with Crippen molar-refractivity contribution >= 4 is 23.4 Å². The van der Waals surface area contributed by atoms with E-state index in [9.17, 15) is 13.6 Å². The van der Waals surface area contributed by atoms with Crippen molar-refractivity contribution in [3.8, 4) is 11.4 Å². The Balaban J connectivity index is 1.69. The smallest absolute Gasteiger partial charge is 0.387 e. The molecule has 0 saturated carbocycles. The summed E-state index contributed by atoms with van der Waals surface area (Å²) in [6, 6.07) is 4.45. The van der Waals surface area contributed by atoms with Gasteiger partial charge >= 0.3 is 6.61 Å². The van der Waals surface area contributed by atoms with E-state index in [1.165, 1.54) is 16.8 Å². The molecular formula is C24H32F2N10O2. The Hall–Kier alpha value is -3.94. The summed E-state index contributed by atoms with van der Waals surface area (Å²) in [6.07, 6.45) is 3.82. The third-order valence-corrected chi connectivity index (χ3v) is 6.10. The van der Waals surface area contributed by atoms with E-state index in [0.717, 1.165) is 12.8 Å². The average Bonchev–Trinajstić information content (AvgIpc) is 3.26. The number of alkyl halides is 2. The topological polar surface area (TPSA) is 158 Å². The van der Waals surface area contributed by atoms with Crippen LogP contribution in [0.2, 0.25) is 0 Å². The van der Waals surface area contributed by atoms with E-state index in [0.29, 0.717) is 18.1 Å². The summed E-state index contributed by atoms with van der Waals surface area (Å²) in [7, 11) is 0. The van der Waals surface area contributed by atoms with Crippen LogP contribution in [0.15, 0.2) is 24.4 Å². The molecule has 0 aliphatic carbocycles. The third kappa shape index (κ3) is 6.30. The van der Waals surface area contributed by atoms with Gasteiger partial charge in [0.05, 0.1) is 16.9 Å². The molecule has 14 heteroatoms. The van der Waals surface area contributed by atoms with E-state index in [4.69, 9.17) is 5.73 Å². The van der Waals surface area contributed by atoms with Gasteiger partial charge in [0, 0.05) is 35.8 Å². The van der Waals surface area contributed by atoms with Crippen LogP contribution in [0.3, 0.4) is 0 Å². The number of primary amides is 1. The third-order valence-electron chi connectivity index (χ3n) is 6.10. The molecule has 1 fully saturated rings. The lowest BCUT2D eigenvalue weighted by Crippen LogP contribution is -2.60. The average molecular weight is 531 g/mol. The number of carbonyl (C=O) groups excluding carboxylic acids is 1. The predicted molar refractivity (Wildman–Crippen MR) is 137 cm³/mol. The molecule has 1 aliphatic rings. The van der Waals surface area contributed by atoms with Gasteiger partial charge in [0.25, 0.3) is 5.91 Å². The molecule has 204 valence electrons. The largest absolute Gasteiger partial charge is 0.434 e. The summed E-state index contributed by atoms with van der Waals surface area (Å²) in [5.41, 5.74) is 5.61. The molecule has 1 aliphatic heterocycles. The van der Waals surface area contributed by atoms with Gasteiger partial charge in [0.1, 0.15) is 11.6 Å². The Labute approximate surface area is 218 Å². The number of hydrogen-bond donors (Lipinski definition) is 4. The zero-order chi connectivity index (χ0) is 27.7. The number of hydrogen-bond acceptors (Lipinski definition) is 10. The molecule has 38 heavy (non-hydrogen) atoms. The number of ether oxygens (including phenoxy) is 1. The van der Waals surface area contributed by atoms with Gasteiger partial charge in [-0.1, -0.05) is 6.92 Å². The molecule has 5 N–H and O–H groups in total. The van der Waals surface area contributed by atoms with Crippen LogP contribution >= 0.6 is 0 Å². The zero-order valence-electron chi connectivity index (χ0n) is 21.9. The van der Waals surface area contributed by atoms with Crippen LogP contribution in [0.1, 0.15) is 63.6 Å². The molecule has 0 bridgehead atoms. The number of piperidine rings is 1. The molecule has 0 unspecified atom stereocenters. The van der Waals surface area contributed by atoms with Gasteiger partial charge in [-0.3, -0.25) is 4.79 Å². The number of tetrazole rings is 1. The Morgan fingerprint density at radius 1 is 1.26 bits per heavy atom. The maximum absolute atomic E-state index is 13.1. The summed E-state index contributed by atoms with van der Waals surface area (Å²) >= 11 is 0. The van der Waals surface area contributed by atoms with Crippen LogP contribution in [-0.2, 0) is 6.42 Å². The van der Waals surface area contributed by atoms with E-state index in [1.807, 2.05) is 6.92 Å². The van der Waals surface area contributed by atoms with Crippen molar-refractivity contribution in [1.82, 2.24) is 35.5 Å². The van der Waals surface area contributed by atoms with Gasteiger partial charge < -0.3 is 26.4 Å². The molecule has 3 aromatic rings. The molecule has 1 aromatic carbocycles. The van der Waals surface area contributed by atoms with Crippen LogP contribution in [0.5, 0.6) is 5.75 Å². The number of anilines is 3. The van der Waals surface area contributed by atoms with Crippen molar-refractivity contribution in [2.45, 2.75) is 77.6 Å². The maximum atomic E-state index is 13.1. The Morgan fingerprint density at radius 3 is 2.61 bits per heavy atom. The van der Waals surface area contributed by atoms with E-state index < -0.39 is 18.3 Å². The number of benzene rings is 1. The quantitative estimate of drug-likeness (QED) is 0.324. The van der Waals surface area contributed by atoms with Gasteiger partial charge in [-0.05, 0) is 63.1 Å². The van der Waals surface area contributed by atoms with Crippen LogP contribution in [0, 0.1) is 0 Å². The molecule has 1 saturated heterocycles. The highest BCUT2D eigenvalue weighted by atomic mass is 19.3. The number of aromatic nitrogens is 6. The van der Waals surface area contributed by atoms with Crippen LogP contribution in [0.25, 0.3) is 5.69 Å². The molecule has 1 amide bonds. The van der Waals surface area contributed by atoms with Gasteiger partial charge in [0.15, 0.2) is 5.82 Å². The van der Waals surface area contributed by atoms with Gasteiger partial charge in [-0.2, -0.15) is 18.4 Å². The van der Waals surface area contributed by atoms with Crippen LogP contribution < -0.4 is 26.4 Å². The summed E-state index contributed by atoms with van der Waals surface area (Å²) < 4.78 is 32.1. The SMILES string of the molecule is CCc1nnnn1-c1cc(OC(F)F)c(C(N)=O)cc1Nc1nccc(NC2CC(C)(C)NC(C)(C)C2)n1. The second-order valence-electron chi connectivity index (χ2n) is 10.5. The fourth-order valence-electron chi connectivity index (χ4n) is 5.10. The molecule has 0 atom stereocenters. The summed E-state index contributed by atoms with van der Waals surface area (Å²) in [5.74, 6) is -0.0941. The highest BCUT2D eigenvalue weighted by molar-refractivity contribution is 5.98. The summed E-state index contributed by atoms with van der Waals surface area (Å²) in [6.45, 7) is 7.33. The normalized spacial score (nSPS) is 16.8. The molecule has 0 radical (unpaired) electrons. The summed E-state index contributed by atoms with van der Waals surface area (Å²) in [4.78, 5) is 21.0. The molecular weight excluding hydrogens is 498 g/mol. The van der Waals surface area contributed by atoms with Crippen molar-refractivity contribution < 1.29 is 18.3 Å². The van der Waals surface area contributed by atoms with Gasteiger partial charge in [0.2, 0.25) is 5.95 Å². The molecule has 0 spiro atoms. The van der Waals surface area contributed by atoms with Crippen LogP contribution in [-0.4, -0.2) is 59.8 Å². The summed E-state index contributed by atoms with van der Waals surface area (Å²) in [5, 5.41) is 21.8. The Kier molecular flexibility index (Phi) is 7.44. The number of nitrogens with zero attached hydrogens (tertiary/aromatic N) is 6. The second-order valence-corrected chi connectivity index (χ2v) is 10.5. The van der Waals surface area contributed by atoms with E-state index in [-0.39, 0.29) is 40.0 Å². The minimum absolute atomic E-state index is 0.0571. The number of carbonyl (C=O) groups is 1. The first-order valence-corrected chi connectivity index (χ1v) is 12.2. The standard InChI is InChI=1S/C24H32F2N10O2/c1-6-19-32-34-35-36(19)16-10-17(38-21(25)26)14(20(27)37)9-15(16)30-22-28-8-7-18(31-22)29-13-11-23(2,3)33-24(4,5)12-13/h7-10,13,21,33H,6,11-12H2,1-5H3,(H2,27,37)(H2,28,29,30,31). The highest BCUT2D eigenvalue weighted by Gasteiger charge is 2.37. The van der Waals surface area contributed by atoms with E-state index >= 15 is 0 Å². The number of nitrogens with two attached hydrogens (primary N) is 1. The highest BCUT2D eigenvalue weighted by Crippen LogP contribution is 2.33.